The van der Waals surface area contributed by atoms with Crippen molar-refractivity contribution in [3.05, 3.63) is 40.7 Å². The minimum Gasteiger partial charge on any atom is -0.478 e. The van der Waals surface area contributed by atoms with Gasteiger partial charge in [-0.3, -0.25) is 9.78 Å². The van der Waals surface area contributed by atoms with Crippen LogP contribution in [-0.4, -0.2) is 58.0 Å². The van der Waals surface area contributed by atoms with Crippen molar-refractivity contribution < 1.29 is 14.7 Å². The largest absolute Gasteiger partial charge is 0.478 e. The van der Waals surface area contributed by atoms with Crippen LogP contribution in [0.3, 0.4) is 0 Å². The molecular weight excluding hydrogens is 328 g/mol. The fraction of sp³-hybridized carbons (Fsp3) is 0.375. The lowest BCUT2D eigenvalue weighted by Crippen LogP contribution is -2.49. The van der Waals surface area contributed by atoms with Gasteiger partial charge in [-0.05, 0) is 18.6 Å². The lowest BCUT2D eigenvalue weighted by molar-refractivity contribution is 0.0691. The van der Waals surface area contributed by atoms with E-state index in [1.54, 1.807) is 16.2 Å². The number of carbonyl (C=O) groups excluding carboxylic acids is 1. The van der Waals surface area contributed by atoms with Crippen molar-refractivity contribution in [3.63, 3.8) is 0 Å². The molecule has 0 radical (unpaired) electrons. The first-order chi connectivity index (χ1) is 11.6. The van der Waals surface area contributed by atoms with Gasteiger partial charge in [-0.15, -0.1) is 11.3 Å². The van der Waals surface area contributed by atoms with E-state index in [2.05, 4.69) is 21.8 Å². The molecule has 3 rings (SSSR count). The maximum absolute atomic E-state index is 12.5. The van der Waals surface area contributed by atoms with E-state index in [9.17, 15) is 9.59 Å². The third kappa shape index (κ3) is 3.38. The number of carboxylic acids is 1. The van der Waals surface area contributed by atoms with Gasteiger partial charge >= 0.3 is 5.97 Å². The normalized spacial score (nSPS) is 14.7. The van der Waals surface area contributed by atoms with E-state index in [1.807, 2.05) is 6.20 Å². The Labute approximate surface area is 143 Å². The summed E-state index contributed by atoms with van der Waals surface area (Å²) < 4.78 is 0. The molecule has 1 aliphatic rings. The molecule has 0 aliphatic carbocycles. The monoisotopic (exact) mass is 346 g/mol. The number of carboxylic acid groups (broad SMARTS) is 1. The number of piperazine rings is 1. The SMILES string of the molecule is CCc1cnc(N2CCN(C(=O)c3ccc(C(=O)O)cn3)CC2)s1. The van der Waals surface area contributed by atoms with Crippen molar-refractivity contribution in [2.45, 2.75) is 13.3 Å². The number of rotatable bonds is 4. The first-order valence-corrected chi connectivity index (χ1v) is 8.58. The summed E-state index contributed by atoms with van der Waals surface area (Å²) >= 11 is 1.69. The Kier molecular flexibility index (Phi) is 4.75. The number of aromatic nitrogens is 2. The van der Waals surface area contributed by atoms with Crippen LogP contribution in [0.4, 0.5) is 5.13 Å². The van der Waals surface area contributed by atoms with Gasteiger partial charge in [-0.2, -0.15) is 0 Å². The Morgan fingerprint density at radius 1 is 1.17 bits per heavy atom. The molecule has 7 nitrogen and oxygen atoms in total. The van der Waals surface area contributed by atoms with Crippen LogP contribution in [-0.2, 0) is 6.42 Å². The summed E-state index contributed by atoms with van der Waals surface area (Å²) in [4.78, 5) is 36.9. The van der Waals surface area contributed by atoms with Crippen molar-refractivity contribution in [3.8, 4) is 0 Å². The van der Waals surface area contributed by atoms with Crippen LogP contribution in [0.5, 0.6) is 0 Å². The molecule has 2 aromatic rings. The van der Waals surface area contributed by atoms with Crippen molar-refractivity contribution in [1.29, 1.82) is 0 Å². The highest BCUT2D eigenvalue weighted by Gasteiger charge is 2.24. The Bertz CT molecular complexity index is 736. The number of nitrogens with zero attached hydrogens (tertiary/aromatic N) is 4. The lowest BCUT2D eigenvalue weighted by Gasteiger charge is -2.34. The van der Waals surface area contributed by atoms with E-state index in [1.165, 1.54) is 23.2 Å². The fourth-order valence-corrected chi connectivity index (χ4v) is 3.42. The fourth-order valence-electron chi connectivity index (χ4n) is 2.52. The van der Waals surface area contributed by atoms with Crippen molar-refractivity contribution in [2.75, 3.05) is 31.1 Å². The van der Waals surface area contributed by atoms with Crippen LogP contribution in [0, 0.1) is 0 Å². The number of aromatic carboxylic acids is 1. The Morgan fingerprint density at radius 3 is 2.46 bits per heavy atom. The summed E-state index contributed by atoms with van der Waals surface area (Å²) in [5, 5.41) is 9.88. The molecule has 0 unspecified atom stereocenters. The Balaban J connectivity index is 1.61. The topological polar surface area (TPSA) is 86.6 Å². The number of pyridine rings is 1. The van der Waals surface area contributed by atoms with Gasteiger partial charge in [0.05, 0.1) is 5.56 Å². The number of carbonyl (C=O) groups is 2. The van der Waals surface area contributed by atoms with Crippen molar-refractivity contribution in [2.24, 2.45) is 0 Å². The van der Waals surface area contributed by atoms with Crippen LogP contribution in [0.15, 0.2) is 24.5 Å². The molecule has 0 saturated carbocycles. The van der Waals surface area contributed by atoms with Crippen LogP contribution >= 0.6 is 11.3 Å². The first-order valence-electron chi connectivity index (χ1n) is 7.76. The number of amides is 1. The van der Waals surface area contributed by atoms with Crippen molar-refractivity contribution >= 4 is 28.3 Å². The third-order valence-corrected chi connectivity index (χ3v) is 5.16. The van der Waals surface area contributed by atoms with Gasteiger partial charge in [0.25, 0.3) is 5.91 Å². The number of hydrogen-bond donors (Lipinski definition) is 1. The minimum absolute atomic E-state index is 0.0758. The highest BCUT2D eigenvalue weighted by Crippen LogP contribution is 2.24. The summed E-state index contributed by atoms with van der Waals surface area (Å²) in [6.07, 6.45) is 4.10. The average molecular weight is 346 g/mol. The molecule has 24 heavy (non-hydrogen) atoms. The zero-order valence-electron chi connectivity index (χ0n) is 13.3. The van der Waals surface area contributed by atoms with Gasteiger partial charge in [-0.25, -0.2) is 9.78 Å². The maximum Gasteiger partial charge on any atom is 0.337 e. The quantitative estimate of drug-likeness (QED) is 0.908. The van der Waals surface area contributed by atoms with Crippen LogP contribution in [0.25, 0.3) is 0 Å². The molecule has 2 aromatic heterocycles. The van der Waals surface area contributed by atoms with E-state index in [0.717, 1.165) is 24.6 Å². The summed E-state index contributed by atoms with van der Waals surface area (Å²) in [5.74, 6) is -1.22. The van der Waals surface area contributed by atoms with Crippen molar-refractivity contribution in [1.82, 2.24) is 14.9 Å². The van der Waals surface area contributed by atoms with Gasteiger partial charge in [0.1, 0.15) is 5.69 Å². The van der Waals surface area contributed by atoms with E-state index >= 15 is 0 Å². The van der Waals surface area contributed by atoms with E-state index in [-0.39, 0.29) is 17.2 Å². The summed E-state index contributed by atoms with van der Waals surface area (Å²) in [6, 6.07) is 2.87. The highest BCUT2D eigenvalue weighted by molar-refractivity contribution is 7.15. The Morgan fingerprint density at radius 2 is 1.92 bits per heavy atom. The van der Waals surface area contributed by atoms with Gasteiger partial charge in [0.2, 0.25) is 0 Å². The van der Waals surface area contributed by atoms with Crippen LogP contribution < -0.4 is 4.90 Å². The standard InChI is InChI=1S/C16H18N4O3S/c1-2-12-10-18-16(24-12)20-7-5-19(6-8-20)14(21)13-4-3-11(9-17-13)15(22)23/h3-4,9-10H,2,5-8H2,1H3,(H,22,23). The molecule has 0 spiro atoms. The molecule has 126 valence electrons. The number of anilines is 1. The van der Waals surface area contributed by atoms with E-state index < -0.39 is 5.97 Å². The Hall–Kier alpha value is -2.48. The second-order valence-corrected chi connectivity index (χ2v) is 6.57. The minimum atomic E-state index is -1.05. The maximum atomic E-state index is 12.5. The molecule has 1 amide bonds. The molecule has 0 atom stereocenters. The summed E-state index contributed by atoms with van der Waals surface area (Å²) in [5.41, 5.74) is 0.350. The first kappa shape index (κ1) is 16.4. The summed E-state index contributed by atoms with van der Waals surface area (Å²) in [7, 11) is 0. The molecule has 0 bridgehead atoms. The predicted molar refractivity (Wildman–Crippen MR) is 90.8 cm³/mol. The smallest absolute Gasteiger partial charge is 0.337 e. The molecule has 8 heteroatoms. The van der Waals surface area contributed by atoms with Gasteiger partial charge in [-0.1, -0.05) is 6.92 Å². The third-order valence-electron chi connectivity index (χ3n) is 3.96. The molecule has 1 fully saturated rings. The predicted octanol–water partition coefficient (Wildman–Crippen LogP) is 1.76. The zero-order valence-corrected chi connectivity index (χ0v) is 14.1. The van der Waals surface area contributed by atoms with Crippen LogP contribution in [0.1, 0.15) is 32.6 Å². The zero-order chi connectivity index (χ0) is 17.1. The number of aryl methyl sites for hydroxylation is 1. The number of thiazole rings is 1. The van der Waals surface area contributed by atoms with Gasteiger partial charge < -0.3 is 14.9 Å². The molecule has 1 N–H and O–H groups in total. The van der Waals surface area contributed by atoms with Gasteiger partial charge in [0.15, 0.2) is 5.13 Å². The second-order valence-electron chi connectivity index (χ2n) is 5.48. The van der Waals surface area contributed by atoms with Gasteiger partial charge in [0, 0.05) is 43.4 Å². The average Bonchev–Trinajstić information content (AvgIpc) is 3.10. The number of hydrogen-bond acceptors (Lipinski definition) is 6. The highest BCUT2D eigenvalue weighted by atomic mass is 32.1. The molecular formula is C16H18N4O3S. The van der Waals surface area contributed by atoms with Crippen LogP contribution in [0.2, 0.25) is 0 Å². The van der Waals surface area contributed by atoms with E-state index in [4.69, 9.17) is 5.11 Å². The van der Waals surface area contributed by atoms with E-state index in [0.29, 0.717) is 13.1 Å². The molecule has 3 heterocycles. The molecule has 0 aromatic carbocycles. The summed E-state index contributed by atoms with van der Waals surface area (Å²) in [6.45, 7) is 4.77. The second kappa shape index (κ2) is 6.96. The lowest BCUT2D eigenvalue weighted by atomic mass is 10.2. The molecule has 1 aliphatic heterocycles. The molecule has 1 saturated heterocycles.